The summed E-state index contributed by atoms with van der Waals surface area (Å²) in [6.07, 6.45) is 88.5. The SMILES string of the molecule is CCCCCCC/C=C\C/C=C\CCCCCCCCCCCCCCCC(=O)OCC(COC(=O)CCCCCCCCC/C=C\CCCCCCCC)OC(=O)CCCCCCCCCCC/C=C\CCCCCCCCCC. The summed E-state index contributed by atoms with van der Waals surface area (Å²) in [7, 11) is 0. The van der Waals surface area contributed by atoms with E-state index in [4.69, 9.17) is 14.2 Å². The number of ether oxygens (including phenoxy) is 3. The Labute approximate surface area is 505 Å². The van der Waals surface area contributed by atoms with E-state index in [1.807, 2.05) is 0 Å². The molecule has 0 saturated carbocycles. The van der Waals surface area contributed by atoms with Gasteiger partial charge in [-0.05, 0) is 103 Å². The number of hydrogen-bond donors (Lipinski definition) is 0. The molecule has 0 fully saturated rings. The van der Waals surface area contributed by atoms with E-state index in [1.54, 1.807) is 0 Å². The van der Waals surface area contributed by atoms with Crippen molar-refractivity contribution in [3.63, 3.8) is 0 Å². The topological polar surface area (TPSA) is 78.9 Å². The first-order valence-corrected chi connectivity index (χ1v) is 36.1. The van der Waals surface area contributed by atoms with Crippen molar-refractivity contribution in [3.05, 3.63) is 48.6 Å². The van der Waals surface area contributed by atoms with Gasteiger partial charge in [-0.15, -0.1) is 0 Å². The van der Waals surface area contributed by atoms with E-state index in [-0.39, 0.29) is 31.1 Å². The third kappa shape index (κ3) is 68.0. The summed E-state index contributed by atoms with van der Waals surface area (Å²) in [6.45, 7) is 6.69. The fourth-order valence-corrected chi connectivity index (χ4v) is 10.8. The zero-order valence-electron chi connectivity index (χ0n) is 54.6. The largest absolute Gasteiger partial charge is 0.462 e. The van der Waals surface area contributed by atoms with Crippen molar-refractivity contribution in [1.82, 2.24) is 0 Å². The first-order valence-electron chi connectivity index (χ1n) is 36.1. The Balaban J connectivity index is 4.31. The van der Waals surface area contributed by atoms with Gasteiger partial charge in [0.15, 0.2) is 6.10 Å². The van der Waals surface area contributed by atoms with Gasteiger partial charge in [0.05, 0.1) is 0 Å². The number of allylic oxidation sites excluding steroid dienone is 8. The first-order chi connectivity index (χ1) is 40.0. The Morgan fingerprint density at radius 3 is 0.691 bits per heavy atom. The molecule has 1 atom stereocenters. The molecule has 0 rings (SSSR count). The fourth-order valence-electron chi connectivity index (χ4n) is 10.8. The average molecular weight is 1140 g/mol. The van der Waals surface area contributed by atoms with Crippen LogP contribution in [0.25, 0.3) is 0 Å². The van der Waals surface area contributed by atoms with Gasteiger partial charge in [-0.3, -0.25) is 14.4 Å². The number of hydrogen-bond acceptors (Lipinski definition) is 6. The third-order valence-corrected chi connectivity index (χ3v) is 16.3. The fraction of sp³-hybridized carbons (Fsp3) is 0.853. The highest BCUT2D eigenvalue weighted by atomic mass is 16.6. The van der Waals surface area contributed by atoms with Crippen molar-refractivity contribution >= 4 is 17.9 Å². The molecule has 0 bridgehead atoms. The lowest BCUT2D eigenvalue weighted by atomic mass is 10.0. The van der Waals surface area contributed by atoms with Gasteiger partial charge in [0, 0.05) is 19.3 Å². The van der Waals surface area contributed by atoms with Crippen molar-refractivity contribution in [3.8, 4) is 0 Å². The summed E-state index contributed by atoms with van der Waals surface area (Å²) >= 11 is 0. The first kappa shape index (κ1) is 78.4. The molecule has 6 nitrogen and oxygen atoms in total. The lowest BCUT2D eigenvalue weighted by Gasteiger charge is -2.18. The Morgan fingerprint density at radius 1 is 0.247 bits per heavy atom. The summed E-state index contributed by atoms with van der Waals surface area (Å²) in [5.74, 6) is -0.853. The minimum absolute atomic E-state index is 0.0723. The van der Waals surface area contributed by atoms with Crippen molar-refractivity contribution in [1.29, 1.82) is 0 Å². The zero-order valence-corrected chi connectivity index (χ0v) is 54.6. The lowest BCUT2D eigenvalue weighted by molar-refractivity contribution is -0.167. The molecule has 81 heavy (non-hydrogen) atoms. The standard InChI is InChI=1S/C75H138O6/c1-4-7-10-13-16-19-22-25-28-31-33-35-36-37-38-40-41-44-47-50-53-56-59-62-65-68-74(77)80-71-72(70-79-73(76)67-64-61-58-55-52-49-46-43-30-27-24-21-18-15-12-9-6-3)81-75(78)69-66-63-60-57-54-51-48-45-42-39-34-32-29-26-23-20-17-14-11-8-5-2/h22,25,27,30-34,72H,4-21,23-24,26,28-29,35-71H2,1-3H3/b25-22-,30-27-,33-31-,34-32-. The van der Waals surface area contributed by atoms with Crippen LogP contribution in [0.1, 0.15) is 393 Å². The molecule has 0 aromatic rings. The number of esters is 3. The Hall–Kier alpha value is -2.63. The molecular formula is C75H138O6. The molecule has 0 spiro atoms. The van der Waals surface area contributed by atoms with E-state index in [0.717, 1.165) is 64.2 Å². The molecule has 0 aromatic carbocycles. The van der Waals surface area contributed by atoms with E-state index in [0.29, 0.717) is 19.3 Å². The van der Waals surface area contributed by atoms with Crippen LogP contribution < -0.4 is 0 Å². The minimum Gasteiger partial charge on any atom is -0.462 e. The maximum absolute atomic E-state index is 13.0. The maximum atomic E-state index is 13.0. The minimum atomic E-state index is -0.777. The van der Waals surface area contributed by atoms with Gasteiger partial charge in [0.25, 0.3) is 0 Å². The van der Waals surface area contributed by atoms with E-state index < -0.39 is 6.10 Å². The summed E-state index contributed by atoms with van der Waals surface area (Å²) in [5, 5.41) is 0. The highest BCUT2D eigenvalue weighted by Gasteiger charge is 2.19. The highest BCUT2D eigenvalue weighted by molar-refractivity contribution is 5.71. The van der Waals surface area contributed by atoms with E-state index in [2.05, 4.69) is 69.4 Å². The van der Waals surface area contributed by atoms with Crippen LogP contribution in [0.4, 0.5) is 0 Å². The Kier molecular flexibility index (Phi) is 67.6. The average Bonchev–Trinajstić information content (AvgIpc) is 3.47. The molecule has 0 aliphatic rings. The molecule has 0 aliphatic carbocycles. The van der Waals surface area contributed by atoms with Crippen LogP contribution in [0.5, 0.6) is 0 Å². The summed E-state index contributed by atoms with van der Waals surface area (Å²) in [5.41, 5.74) is 0. The molecule has 0 amide bonds. The van der Waals surface area contributed by atoms with Crippen molar-refractivity contribution in [2.45, 2.75) is 399 Å². The number of unbranched alkanes of at least 4 members (excludes halogenated alkanes) is 48. The van der Waals surface area contributed by atoms with Gasteiger partial charge in [-0.25, -0.2) is 0 Å². The monoisotopic (exact) mass is 1140 g/mol. The quantitative estimate of drug-likeness (QED) is 0.0261. The molecule has 0 N–H and O–H groups in total. The van der Waals surface area contributed by atoms with Crippen molar-refractivity contribution < 1.29 is 28.6 Å². The smallest absolute Gasteiger partial charge is 0.306 e. The summed E-state index contributed by atoms with van der Waals surface area (Å²) in [4.78, 5) is 38.5. The predicted octanol–water partition coefficient (Wildman–Crippen LogP) is 24.9. The number of carbonyl (C=O) groups excluding carboxylic acids is 3. The van der Waals surface area contributed by atoms with Gasteiger partial charge >= 0.3 is 17.9 Å². The van der Waals surface area contributed by atoms with Crippen LogP contribution >= 0.6 is 0 Å². The van der Waals surface area contributed by atoms with Gasteiger partial charge in [0.2, 0.25) is 0 Å². The summed E-state index contributed by atoms with van der Waals surface area (Å²) < 4.78 is 17.0. The second kappa shape index (κ2) is 69.9. The van der Waals surface area contributed by atoms with Gasteiger partial charge in [-0.1, -0.05) is 320 Å². The second-order valence-corrected chi connectivity index (χ2v) is 24.5. The molecule has 474 valence electrons. The van der Waals surface area contributed by atoms with Crippen LogP contribution in [0, 0.1) is 0 Å². The Morgan fingerprint density at radius 2 is 0.444 bits per heavy atom. The normalized spacial score (nSPS) is 12.3. The molecule has 0 radical (unpaired) electrons. The van der Waals surface area contributed by atoms with E-state index in [9.17, 15) is 14.4 Å². The lowest BCUT2D eigenvalue weighted by Crippen LogP contribution is -2.30. The molecule has 0 aliphatic heterocycles. The predicted molar refractivity (Wildman–Crippen MR) is 353 cm³/mol. The maximum Gasteiger partial charge on any atom is 0.306 e. The van der Waals surface area contributed by atoms with Crippen LogP contribution in [0.3, 0.4) is 0 Å². The van der Waals surface area contributed by atoms with E-state index >= 15 is 0 Å². The van der Waals surface area contributed by atoms with Crippen molar-refractivity contribution in [2.75, 3.05) is 13.2 Å². The Bertz CT molecular complexity index is 1400. The molecule has 0 aromatic heterocycles. The number of rotatable bonds is 67. The highest BCUT2D eigenvalue weighted by Crippen LogP contribution is 2.18. The molecule has 0 saturated heterocycles. The van der Waals surface area contributed by atoms with Crippen LogP contribution in [0.15, 0.2) is 48.6 Å². The van der Waals surface area contributed by atoms with Crippen LogP contribution in [-0.2, 0) is 28.6 Å². The summed E-state index contributed by atoms with van der Waals surface area (Å²) in [6, 6.07) is 0. The molecule has 6 heteroatoms. The third-order valence-electron chi connectivity index (χ3n) is 16.3. The van der Waals surface area contributed by atoms with Crippen LogP contribution in [0.2, 0.25) is 0 Å². The van der Waals surface area contributed by atoms with Gasteiger partial charge in [-0.2, -0.15) is 0 Å². The van der Waals surface area contributed by atoms with Crippen molar-refractivity contribution in [2.24, 2.45) is 0 Å². The van der Waals surface area contributed by atoms with E-state index in [1.165, 1.54) is 289 Å². The number of carbonyl (C=O) groups is 3. The van der Waals surface area contributed by atoms with Crippen LogP contribution in [-0.4, -0.2) is 37.2 Å². The molecule has 0 heterocycles. The second-order valence-electron chi connectivity index (χ2n) is 24.5. The molecule has 1 unspecified atom stereocenters. The van der Waals surface area contributed by atoms with Gasteiger partial charge in [0.1, 0.15) is 13.2 Å². The zero-order chi connectivity index (χ0) is 58.5. The molecular weight excluding hydrogens is 997 g/mol. The van der Waals surface area contributed by atoms with Gasteiger partial charge < -0.3 is 14.2 Å².